The average Bonchev–Trinajstić information content (AvgIpc) is 3.47. The Kier molecular flexibility index (Phi) is 4.39. The van der Waals surface area contributed by atoms with Gasteiger partial charge in [-0.2, -0.15) is 5.26 Å². The number of aromatic nitrogens is 4. The van der Waals surface area contributed by atoms with Gasteiger partial charge in [0.25, 0.3) is 0 Å². The predicted molar refractivity (Wildman–Crippen MR) is 121 cm³/mol. The minimum Gasteiger partial charge on any atom is -0.361 e. The molecule has 4 aromatic rings. The fourth-order valence-electron chi connectivity index (χ4n) is 4.82. The molecule has 1 saturated heterocycles. The molecule has 0 bridgehead atoms. The summed E-state index contributed by atoms with van der Waals surface area (Å²) in [6, 6.07) is 11.3. The number of benzene rings is 1. The largest absolute Gasteiger partial charge is 0.361 e. The van der Waals surface area contributed by atoms with Crippen LogP contribution < -0.4 is 4.90 Å². The maximum Gasteiger partial charge on any atom is 0.156 e. The quantitative estimate of drug-likeness (QED) is 0.544. The standard InChI is InChI=1S/C24H25N7/c25-13-18-15-31(19-5-6-19)23-22(18)27-16-28-24(23)30-11-9-29(10-12-30)8-7-17-14-26-21-4-2-1-3-20(17)21/h1-4,14-16,19,26H,5-12H2. The number of piperazine rings is 1. The van der Waals surface area contributed by atoms with Gasteiger partial charge in [-0.3, -0.25) is 4.90 Å². The van der Waals surface area contributed by atoms with E-state index in [-0.39, 0.29) is 0 Å². The molecule has 4 heterocycles. The van der Waals surface area contributed by atoms with Crippen LogP contribution in [0.1, 0.15) is 30.0 Å². The summed E-state index contributed by atoms with van der Waals surface area (Å²) >= 11 is 0. The molecule has 2 fully saturated rings. The second kappa shape index (κ2) is 7.40. The predicted octanol–water partition coefficient (Wildman–Crippen LogP) is 3.48. The second-order valence-corrected chi connectivity index (χ2v) is 8.63. The van der Waals surface area contributed by atoms with Crippen LogP contribution in [0.4, 0.5) is 5.82 Å². The lowest BCUT2D eigenvalue weighted by molar-refractivity contribution is 0.261. The van der Waals surface area contributed by atoms with E-state index in [4.69, 9.17) is 0 Å². The van der Waals surface area contributed by atoms with Crippen molar-refractivity contribution in [3.8, 4) is 6.07 Å². The molecule has 1 saturated carbocycles. The van der Waals surface area contributed by atoms with E-state index < -0.39 is 0 Å². The first-order chi connectivity index (χ1) is 15.3. The van der Waals surface area contributed by atoms with Gasteiger partial charge in [-0.05, 0) is 30.9 Å². The third kappa shape index (κ3) is 3.24. The summed E-state index contributed by atoms with van der Waals surface area (Å²) in [5.74, 6) is 0.981. The lowest BCUT2D eigenvalue weighted by Crippen LogP contribution is -2.47. The molecule has 1 aromatic carbocycles. The number of nitrogens with zero attached hydrogens (tertiary/aromatic N) is 6. The van der Waals surface area contributed by atoms with E-state index in [1.807, 2.05) is 6.20 Å². The number of hydrogen-bond acceptors (Lipinski definition) is 5. The van der Waals surface area contributed by atoms with Gasteiger partial charge in [0, 0.05) is 62.1 Å². The number of anilines is 1. The third-order valence-electron chi connectivity index (χ3n) is 6.69. The van der Waals surface area contributed by atoms with Gasteiger partial charge in [0.2, 0.25) is 0 Å². The lowest BCUT2D eigenvalue weighted by Gasteiger charge is -2.35. The van der Waals surface area contributed by atoms with Crippen molar-refractivity contribution in [2.45, 2.75) is 25.3 Å². The molecule has 3 aromatic heterocycles. The number of hydrogen-bond donors (Lipinski definition) is 1. The lowest BCUT2D eigenvalue weighted by atomic mass is 10.1. The molecule has 0 amide bonds. The number of para-hydroxylation sites is 1. The van der Waals surface area contributed by atoms with Crippen LogP contribution in [0.15, 0.2) is 43.0 Å². The summed E-state index contributed by atoms with van der Waals surface area (Å²) in [7, 11) is 0. The van der Waals surface area contributed by atoms with Gasteiger partial charge in [-0.25, -0.2) is 9.97 Å². The molecule has 0 atom stereocenters. The van der Waals surface area contributed by atoms with Gasteiger partial charge in [0.05, 0.1) is 5.56 Å². The molecule has 0 radical (unpaired) electrons. The highest BCUT2D eigenvalue weighted by atomic mass is 15.3. The van der Waals surface area contributed by atoms with E-state index in [1.54, 1.807) is 6.33 Å². The molecule has 0 unspecified atom stereocenters. The third-order valence-corrected chi connectivity index (χ3v) is 6.69. The normalized spacial score (nSPS) is 17.5. The smallest absolute Gasteiger partial charge is 0.156 e. The molecular weight excluding hydrogens is 386 g/mol. The van der Waals surface area contributed by atoms with Crippen LogP contribution in [0.3, 0.4) is 0 Å². The van der Waals surface area contributed by atoms with Gasteiger partial charge < -0.3 is 14.5 Å². The molecule has 2 aliphatic rings. The number of rotatable bonds is 5. The Balaban J connectivity index is 1.17. The van der Waals surface area contributed by atoms with E-state index >= 15 is 0 Å². The van der Waals surface area contributed by atoms with Gasteiger partial charge in [0.1, 0.15) is 23.4 Å². The molecule has 0 spiro atoms. The SMILES string of the molecule is N#Cc1cn(C2CC2)c2c(N3CCN(CCc4c[nH]c5ccccc45)CC3)ncnc12. The van der Waals surface area contributed by atoms with Crippen LogP contribution in [0, 0.1) is 11.3 Å². The fraction of sp³-hybridized carbons (Fsp3) is 0.375. The van der Waals surface area contributed by atoms with Crippen LogP contribution in [0.5, 0.6) is 0 Å². The fourth-order valence-corrected chi connectivity index (χ4v) is 4.82. The van der Waals surface area contributed by atoms with E-state index in [0.29, 0.717) is 11.6 Å². The monoisotopic (exact) mass is 411 g/mol. The van der Waals surface area contributed by atoms with Crippen LogP contribution in [0.25, 0.3) is 21.9 Å². The summed E-state index contributed by atoms with van der Waals surface area (Å²) in [6.45, 7) is 4.98. The second-order valence-electron chi connectivity index (χ2n) is 8.63. The van der Waals surface area contributed by atoms with Gasteiger partial charge in [-0.1, -0.05) is 18.2 Å². The summed E-state index contributed by atoms with van der Waals surface area (Å²) in [5.41, 5.74) is 5.09. The van der Waals surface area contributed by atoms with Crippen molar-refractivity contribution in [3.05, 3.63) is 54.1 Å². The zero-order valence-corrected chi connectivity index (χ0v) is 17.5. The Labute approximate surface area is 180 Å². The Bertz CT molecular complexity index is 1280. The molecule has 6 rings (SSSR count). The van der Waals surface area contributed by atoms with Crippen molar-refractivity contribution >= 4 is 27.8 Å². The number of fused-ring (bicyclic) bond motifs is 2. The first-order valence-electron chi connectivity index (χ1n) is 11.1. The zero-order chi connectivity index (χ0) is 20.8. The van der Waals surface area contributed by atoms with Gasteiger partial charge in [0.15, 0.2) is 5.82 Å². The molecule has 1 aliphatic carbocycles. The highest BCUT2D eigenvalue weighted by molar-refractivity contribution is 5.91. The first-order valence-corrected chi connectivity index (χ1v) is 11.1. The van der Waals surface area contributed by atoms with Crippen molar-refractivity contribution in [1.29, 1.82) is 5.26 Å². The molecule has 7 nitrogen and oxygen atoms in total. The van der Waals surface area contributed by atoms with Crippen LogP contribution >= 0.6 is 0 Å². The minimum absolute atomic E-state index is 0.492. The zero-order valence-electron chi connectivity index (χ0n) is 17.5. The van der Waals surface area contributed by atoms with E-state index in [9.17, 15) is 5.26 Å². The number of aromatic amines is 1. The molecule has 1 aliphatic heterocycles. The van der Waals surface area contributed by atoms with E-state index in [1.165, 1.54) is 29.3 Å². The van der Waals surface area contributed by atoms with Gasteiger partial charge in [-0.15, -0.1) is 0 Å². The highest BCUT2D eigenvalue weighted by Crippen LogP contribution is 2.40. The molecule has 156 valence electrons. The summed E-state index contributed by atoms with van der Waals surface area (Å²) in [5, 5.41) is 10.9. The molecule has 1 N–H and O–H groups in total. The van der Waals surface area contributed by atoms with Crippen molar-refractivity contribution in [2.24, 2.45) is 0 Å². The maximum absolute atomic E-state index is 9.54. The van der Waals surface area contributed by atoms with Gasteiger partial charge >= 0.3 is 0 Å². The van der Waals surface area contributed by atoms with Crippen molar-refractivity contribution in [1.82, 2.24) is 24.4 Å². The van der Waals surface area contributed by atoms with Crippen LogP contribution in [-0.2, 0) is 6.42 Å². The van der Waals surface area contributed by atoms with Crippen molar-refractivity contribution in [3.63, 3.8) is 0 Å². The summed E-state index contributed by atoms with van der Waals surface area (Å²) < 4.78 is 2.24. The molecular formula is C24H25N7. The molecule has 31 heavy (non-hydrogen) atoms. The Hall–Kier alpha value is -3.37. The topological polar surface area (TPSA) is 76.8 Å². The summed E-state index contributed by atoms with van der Waals surface area (Å²) in [4.78, 5) is 17.4. The minimum atomic E-state index is 0.492. The van der Waals surface area contributed by atoms with Crippen molar-refractivity contribution in [2.75, 3.05) is 37.6 Å². The highest BCUT2D eigenvalue weighted by Gasteiger charge is 2.30. The Morgan fingerprint density at radius 3 is 2.74 bits per heavy atom. The van der Waals surface area contributed by atoms with Crippen molar-refractivity contribution < 1.29 is 0 Å². The Morgan fingerprint density at radius 1 is 1.10 bits per heavy atom. The molecule has 7 heteroatoms. The Morgan fingerprint density at radius 2 is 1.94 bits per heavy atom. The first kappa shape index (κ1) is 18.4. The van der Waals surface area contributed by atoms with Crippen LogP contribution in [0.2, 0.25) is 0 Å². The number of H-pyrrole nitrogens is 1. The maximum atomic E-state index is 9.54. The number of nitriles is 1. The van der Waals surface area contributed by atoms with E-state index in [2.05, 4.69) is 65.9 Å². The van der Waals surface area contributed by atoms with Crippen LogP contribution in [-0.4, -0.2) is 57.1 Å². The summed E-state index contributed by atoms with van der Waals surface area (Å²) in [6.07, 6.45) is 9.13. The average molecular weight is 412 g/mol. The number of nitrogens with one attached hydrogen (secondary N) is 1. The van der Waals surface area contributed by atoms with E-state index in [0.717, 1.165) is 56.0 Å².